The fraction of sp³-hybridized carbons (Fsp3) is 0.0625. The Bertz CT molecular complexity index is 666. The predicted molar refractivity (Wildman–Crippen MR) is 89.8 cm³/mol. The average Bonchev–Trinajstić information content (AvgIpc) is 2.46. The first-order valence-electron chi connectivity index (χ1n) is 6.09. The minimum atomic E-state index is -0.526. The van der Waals surface area contributed by atoms with Crippen LogP contribution in [-0.4, -0.2) is 5.24 Å². The monoisotopic (exact) mass is 384 g/mol. The van der Waals surface area contributed by atoms with Gasteiger partial charge in [-0.05, 0) is 53.1 Å². The fourth-order valence-corrected chi connectivity index (χ4v) is 2.21. The lowest BCUT2D eigenvalue weighted by Gasteiger charge is -2.09. The maximum atomic E-state index is 10.7. The van der Waals surface area contributed by atoms with E-state index in [0.29, 0.717) is 17.4 Å². The van der Waals surface area contributed by atoms with Gasteiger partial charge in [0.2, 0.25) is 5.24 Å². The number of allylic oxidation sites excluding steroid dienone is 1. The van der Waals surface area contributed by atoms with E-state index in [2.05, 4.69) is 15.9 Å². The lowest BCUT2D eigenvalue weighted by molar-refractivity contribution is -0.107. The van der Waals surface area contributed by atoms with Crippen LogP contribution < -0.4 is 4.74 Å². The summed E-state index contributed by atoms with van der Waals surface area (Å²) < 4.78 is 6.70. The highest BCUT2D eigenvalue weighted by Gasteiger charge is 2.03. The van der Waals surface area contributed by atoms with E-state index in [4.69, 9.17) is 27.9 Å². The van der Waals surface area contributed by atoms with Gasteiger partial charge in [0.1, 0.15) is 12.4 Å². The van der Waals surface area contributed by atoms with Crippen molar-refractivity contribution in [3.05, 3.63) is 69.2 Å². The smallest absolute Gasteiger partial charge is 0.245 e. The fourth-order valence-electron chi connectivity index (χ4n) is 1.64. The number of carbonyl (C=O) groups is 1. The molecule has 0 amide bonds. The molecule has 0 unspecified atom stereocenters. The summed E-state index contributed by atoms with van der Waals surface area (Å²) in [7, 11) is 0. The molecule has 2 aromatic carbocycles. The molecule has 2 nitrogen and oxygen atoms in total. The Labute approximate surface area is 141 Å². The minimum Gasteiger partial charge on any atom is -0.487 e. The first-order valence-corrected chi connectivity index (χ1v) is 7.64. The average molecular weight is 386 g/mol. The summed E-state index contributed by atoms with van der Waals surface area (Å²) >= 11 is 14.8. The first kappa shape index (κ1) is 16.1. The summed E-state index contributed by atoms with van der Waals surface area (Å²) in [5.41, 5.74) is 1.83. The molecule has 0 aliphatic carbocycles. The van der Waals surface area contributed by atoms with Crippen LogP contribution in [-0.2, 0) is 11.4 Å². The van der Waals surface area contributed by atoms with Crippen molar-refractivity contribution >= 4 is 50.5 Å². The highest BCUT2D eigenvalue weighted by molar-refractivity contribution is 9.10. The number of halogens is 3. The van der Waals surface area contributed by atoms with Crippen LogP contribution in [0.2, 0.25) is 5.02 Å². The molecule has 0 N–H and O–H groups in total. The van der Waals surface area contributed by atoms with E-state index in [1.807, 2.05) is 24.3 Å². The Hall–Kier alpha value is -1.29. The van der Waals surface area contributed by atoms with Crippen molar-refractivity contribution in [1.29, 1.82) is 0 Å². The zero-order valence-corrected chi connectivity index (χ0v) is 14.0. The van der Waals surface area contributed by atoms with E-state index in [1.54, 1.807) is 24.3 Å². The van der Waals surface area contributed by atoms with Gasteiger partial charge in [-0.1, -0.05) is 51.8 Å². The molecule has 0 aliphatic rings. The van der Waals surface area contributed by atoms with Gasteiger partial charge in [-0.2, -0.15) is 0 Å². The van der Waals surface area contributed by atoms with Crippen LogP contribution in [0.3, 0.4) is 0 Å². The summed E-state index contributed by atoms with van der Waals surface area (Å²) in [5, 5.41) is -0.0435. The molecule has 2 aromatic rings. The lowest BCUT2D eigenvalue weighted by atomic mass is 10.2. The van der Waals surface area contributed by atoms with E-state index < -0.39 is 5.24 Å². The standard InChI is InChI=1S/C16H11BrCl2O2/c17-13-5-1-12(2-6-13)10-21-15-7-3-11(9-14(15)18)4-8-16(19)20/h1-9H,10H2/b8-4+. The summed E-state index contributed by atoms with van der Waals surface area (Å²) in [4.78, 5) is 10.7. The Morgan fingerprint density at radius 3 is 2.52 bits per heavy atom. The first-order chi connectivity index (χ1) is 10.0. The van der Waals surface area contributed by atoms with E-state index in [9.17, 15) is 4.79 Å². The number of benzene rings is 2. The second kappa shape index (κ2) is 7.64. The second-order valence-corrected chi connectivity index (χ2v) is 5.94. The topological polar surface area (TPSA) is 26.3 Å². The summed E-state index contributed by atoms with van der Waals surface area (Å²) in [5.74, 6) is 0.592. The molecule has 0 atom stereocenters. The number of rotatable bonds is 5. The predicted octanol–water partition coefficient (Wildman–Crippen LogP) is 5.46. The largest absolute Gasteiger partial charge is 0.487 e. The molecule has 0 saturated heterocycles. The van der Waals surface area contributed by atoms with Crippen LogP contribution in [0, 0.1) is 0 Å². The highest BCUT2D eigenvalue weighted by Crippen LogP contribution is 2.27. The van der Waals surface area contributed by atoms with Crippen molar-refractivity contribution in [2.75, 3.05) is 0 Å². The maximum Gasteiger partial charge on any atom is 0.245 e. The third-order valence-corrected chi connectivity index (χ3v) is 3.62. The second-order valence-electron chi connectivity index (χ2n) is 4.24. The van der Waals surface area contributed by atoms with E-state index in [0.717, 1.165) is 15.6 Å². The molecule has 21 heavy (non-hydrogen) atoms. The third-order valence-electron chi connectivity index (χ3n) is 2.67. The van der Waals surface area contributed by atoms with Gasteiger partial charge >= 0.3 is 0 Å². The highest BCUT2D eigenvalue weighted by atomic mass is 79.9. The molecule has 5 heteroatoms. The molecular formula is C16H11BrCl2O2. The van der Waals surface area contributed by atoms with Crippen LogP contribution in [0.1, 0.15) is 11.1 Å². The third kappa shape index (κ3) is 5.20. The molecule has 0 radical (unpaired) electrons. The lowest BCUT2D eigenvalue weighted by Crippen LogP contribution is -1.95. The van der Waals surface area contributed by atoms with Crippen LogP contribution in [0.25, 0.3) is 6.08 Å². The van der Waals surface area contributed by atoms with Crippen LogP contribution in [0.5, 0.6) is 5.75 Å². The molecule has 0 bridgehead atoms. The molecule has 108 valence electrons. The van der Waals surface area contributed by atoms with Crippen LogP contribution in [0.4, 0.5) is 0 Å². The van der Waals surface area contributed by atoms with Gasteiger partial charge in [-0.25, -0.2) is 0 Å². The Morgan fingerprint density at radius 2 is 1.90 bits per heavy atom. The summed E-state index contributed by atoms with van der Waals surface area (Å²) in [6.07, 6.45) is 2.87. The normalized spacial score (nSPS) is 10.8. The van der Waals surface area contributed by atoms with Crippen molar-refractivity contribution in [2.45, 2.75) is 6.61 Å². The molecule has 0 fully saturated rings. The van der Waals surface area contributed by atoms with Gasteiger partial charge in [0.15, 0.2) is 0 Å². The van der Waals surface area contributed by atoms with Crippen molar-refractivity contribution in [2.24, 2.45) is 0 Å². The number of carbonyl (C=O) groups excluding carboxylic acids is 1. The van der Waals surface area contributed by atoms with Crippen LogP contribution >= 0.6 is 39.1 Å². The molecule has 0 saturated carbocycles. The SMILES string of the molecule is O=C(Cl)/C=C/c1ccc(OCc2ccc(Br)cc2)c(Cl)c1. The zero-order chi connectivity index (χ0) is 15.2. The Balaban J connectivity index is 2.04. The van der Waals surface area contributed by atoms with Gasteiger partial charge < -0.3 is 4.74 Å². The summed E-state index contributed by atoms with van der Waals surface area (Å²) in [6, 6.07) is 13.1. The molecule has 0 aromatic heterocycles. The van der Waals surface area contributed by atoms with E-state index >= 15 is 0 Å². The van der Waals surface area contributed by atoms with Gasteiger partial charge in [-0.15, -0.1) is 0 Å². The van der Waals surface area contributed by atoms with E-state index in [1.165, 1.54) is 6.08 Å². The van der Waals surface area contributed by atoms with Gasteiger partial charge in [-0.3, -0.25) is 4.79 Å². The van der Waals surface area contributed by atoms with Gasteiger partial charge in [0, 0.05) is 4.47 Å². The van der Waals surface area contributed by atoms with Crippen molar-refractivity contribution in [3.63, 3.8) is 0 Å². The van der Waals surface area contributed by atoms with Crippen LogP contribution in [0.15, 0.2) is 53.0 Å². The quantitative estimate of drug-likeness (QED) is 0.504. The zero-order valence-electron chi connectivity index (χ0n) is 10.9. The number of hydrogen-bond acceptors (Lipinski definition) is 2. The van der Waals surface area contributed by atoms with Crippen molar-refractivity contribution in [3.8, 4) is 5.75 Å². The molecule has 2 rings (SSSR count). The molecule has 0 aliphatic heterocycles. The van der Waals surface area contributed by atoms with E-state index in [-0.39, 0.29) is 0 Å². The minimum absolute atomic E-state index is 0.433. The number of ether oxygens (including phenoxy) is 1. The number of hydrogen-bond donors (Lipinski definition) is 0. The molecule has 0 spiro atoms. The van der Waals surface area contributed by atoms with Crippen molar-refractivity contribution in [1.82, 2.24) is 0 Å². The van der Waals surface area contributed by atoms with Gasteiger partial charge in [0.25, 0.3) is 0 Å². The Kier molecular flexibility index (Phi) is 5.85. The van der Waals surface area contributed by atoms with Crippen molar-refractivity contribution < 1.29 is 9.53 Å². The van der Waals surface area contributed by atoms with Gasteiger partial charge in [0.05, 0.1) is 5.02 Å². The molecule has 0 heterocycles. The molecular weight excluding hydrogens is 375 g/mol. The maximum absolute atomic E-state index is 10.7. The Morgan fingerprint density at radius 1 is 1.19 bits per heavy atom. The summed E-state index contributed by atoms with van der Waals surface area (Å²) in [6.45, 7) is 0.433.